The number of hydrogen-bond donors (Lipinski definition) is 1. The molecule has 3 aromatic rings. The maximum atomic E-state index is 12.7. The molecule has 5 rings (SSSR count). The number of anilines is 2. The molecule has 0 atom stereocenters. The summed E-state index contributed by atoms with van der Waals surface area (Å²) in [5.41, 5.74) is 2.66. The number of aryl methyl sites for hydroxylation is 1. The highest BCUT2D eigenvalue weighted by molar-refractivity contribution is 6.29. The number of nitriles is 1. The topological polar surface area (TPSA) is 74.0 Å². The van der Waals surface area contributed by atoms with Crippen molar-refractivity contribution in [1.82, 2.24) is 9.55 Å². The molecular weight excluding hydrogens is 465 g/mol. The summed E-state index contributed by atoms with van der Waals surface area (Å²) in [5, 5.41) is 13.1. The van der Waals surface area contributed by atoms with E-state index in [2.05, 4.69) is 21.3 Å². The Morgan fingerprint density at radius 2 is 1.94 bits per heavy atom. The van der Waals surface area contributed by atoms with Crippen LogP contribution in [-0.4, -0.2) is 29.2 Å². The van der Waals surface area contributed by atoms with Crippen molar-refractivity contribution in [2.45, 2.75) is 51.0 Å². The van der Waals surface area contributed by atoms with E-state index in [0.29, 0.717) is 27.9 Å². The smallest absolute Gasteiger partial charge is 0.270 e. The quantitative estimate of drug-likeness (QED) is 0.448. The highest BCUT2D eigenvalue weighted by atomic mass is 35.5. The molecule has 2 heterocycles. The lowest BCUT2D eigenvalue weighted by molar-refractivity contribution is 0.428. The van der Waals surface area contributed by atoms with Gasteiger partial charge in [-0.25, -0.2) is 9.37 Å². The van der Waals surface area contributed by atoms with E-state index in [-0.39, 0.29) is 16.9 Å². The lowest BCUT2D eigenvalue weighted by Crippen LogP contribution is -2.36. The SMILES string of the molecule is CN(c1c(C#N)c(=O)n(C)c2ccc(Cl)nc12)C1CCCCC1.Fc1cccc(NCC2CC2)c1. The number of hydrogen-bond acceptors (Lipinski definition) is 5. The molecule has 0 radical (unpaired) electrons. The summed E-state index contributed by atoms with van der Waals surface area (Å²) in [6.45, 7) is 0.990. The molecule has 184 valence electrons. The summed E-state index contributed by atoms with van der Waals surface area (Å²) in [6, 6.07) is 12.5. The summed E-state index contributed by atoms with van der Waals surface area (Å²) in [7, 11) is 3.61. The molecule has 0 spiro atoms. The summed E-state index contributed by atoms with van der Waals surface area (Å²) in [6.07, 6.45) is 8.38. The van der Waals surface area contributed by atoms with Crippen LogP contribution in [0.2, 0.25) is 5.15 Å². The van der Waals surface area contributed by atoms with Crippen LogP contribution in [0.3, 0.4) is 0 Å². The Bertz CT molecular complexity index is 1290. The Morgan fingerprint density at radius 1 is 1.20 bits per heavy atom. The minimum absolute atomic E-state index is 0.142. The molecule has 2 aliphatic rings. The van der Waals surface area contributed by atoms with Crippen molar-refractivity contribution in [2.75, 3.05) is 23.8 Å². The van der Waals surface area contributed by atoms with E-state index in [1.807, 2.05) is 13.1 Å². The first-order chi connectivity index (χ1) is 16.9. The number of pyridine rings is 2. The lowest BCUT2D eigenvalue weighted by atomic mass is 9.93. The summed E-state index contributed by atoms with van der Waals surface area (Å²) in [4.78, 5) is 19.0. The Morgan fingerprint density at radius 3 is 2.60 bits per heavy atom. The van der Waals surface area contributed by atoms with E-state index in [1.54, 1.807) is 25.2 Å². The van der Waals surface area contributed by atoms with Crippen molar-refractivity contribution < 1.29 is 4.39 Å². The first kappa shape index (κ1) is 25.0. The van der Waals surface area contributed by atoms with Crippen molar-refractivity contribution >= 4 is 34.0 Å². The average Bonchev–Trinajstić information content (AvgIpc) is 3.70. The van der Waals surface area contributed by atoms with Crippen LogP contribution >= 0.6 is 11.6 Å². The Kier molecular flexibility index (Phi) is 7.92. The van der Waals surface area contributed by atoms with Crippen LogP contribution in [0.4, 0.5) is 15.8 Å². The molecule has 0 saturated heterocycles. The zero-order valence-electron chi connectivity index (χ0n) is 20.2. The summed E-state index contributed by atoms with van der Waals surface area (Å²) in [5.74, 6) is 0.657. The van der Waals surface area contributed by atoms with Gasteiger partial charge in [-0.05, 0) is 61.9 Å². The van der Waals surface area contributed by atoms with Crippen LogP contribution in [0, 0.1) is 23.1 Å². The van der Waals surface area contributed by atoms with E-state index in [4.69, 9.17) is 11.6 Å². The third-order valence-corrected chi connectivity index (χ3v) is 7.09. The van der Waals surface area contributed by atoms with E-state index >= 15 is 0 Å². The van der Waals surface area contributed by atoms with Crippen LogP contribution in [0.5, 0.6) is 0 Å². The number of halogens is 2. The largest absolute Gasteiger partial charge is 0.385 e. The van der Waals surface area contributed by atoms with E-state index in [9.17, 15) is 14.4 Å². The van der Waals surface area contributed by atoms with Crippen molar-refractivity contribution in [2.24, 2.45) is 13.0 Å². The molecule has 2 saturated carbocycles. The second-order valence-corrected chi connectivity index (χ2v) is 9.83. The molecule has 0 amide bonds. The molecule has 0 bridgehead atoms. The van der Waals surface area contributed by atoms with Gasteiger partial charge in [0.25, 0.3) is 5.56 Å². The van der Waals surface area contributed by atoms with Crippen molar-refractivity contribution in [1.29, 1.82) is 5.26 Å². The molecule has 0 unspecified atom stereocenters. The van der Waals surface area contributed by atoms with Crippen LogP contribution in [0.1, 0.15) is 50.5 Å². The van der Waals surface area contributed by atoms with Gasteiger partial charge in [-0.3, -0.25) is 4.79 Å². The molecule has 2 aromatic heterocycles. The fraction of sp³-hybridized carbons (Fsp3) is 0.444. The molecule has 1 aromatic carbocycles. The van der Waals surface area contributed by atoms with Gasteiger partial charge in [0, 0.05) is 32.4 Å². The van der Waals surface area contributed by atoms with Crippen molar-refractivity contribution in [3.05, 3.63) is 63.3 Å². The predicted molar refractivity (Wildman–Crippen MR) is 140 cm³/mol. The van der Waals surface area contributed by atoms with Crippen LogP contribution in [-0.2, 0) is 7.05 Å². The van der Waals surface area contributed by atoms with E-state index in [1.165, 1.54) is 48.8 Å². The standard InChI is InChI=1S/C17H19ClN4O.C10H12FN/c1-21(11-6-4-3-5-7-11)16-12(10-19)17(23)22(2)13-8-9-14(18)20-15(13)16;11-9-2-1-3-10(6-9)12-7-8-4-5-8/h8-9,11H,3-7H2,1-2H3;1-3,6,8,12H,4-5,7H2. The highest BCUT2D eigenvalue weighted by Crippen LogP contribution is 2.32. The second-order valence-electron chi connectivity index (χ2n) is 9.44. The maximum Gasteiger partial charge on any atom is 0.270 e. The summed E-state index contributed by atoms with van der Waals surface area (Å²) < 4.78 is 14.1. The Hall–Kier alpha value is -3.11. The molecule has 0 aliphatic heterocycles. The number of benzene rings is 1. The molecule has 6 nitrogen and oxygen atoms in total. The maximum absolute atomic E-state index is 12.7. The Labute approximate surface area is 210 Å². The predicted octanol–water partition coefficient (Wildman–Crippen LogP) is 5.88. The molecule has 2 aliphatic carbocycles. The second kappa shape index (κ2) is 11.1. The molecule has 35 heavy (non-hydrogen) atoms. The first-order valence-electron chi connectivity index (χ1n) is 12.2. The van der Waals surface area contributed by atoms with Crippen LogP contribution in [0.25, 0.3) is 11.0 Å². The molecule has 2 fully saturated rings. The fourth-order valence-corrected chi connectivity index (χ4v) is 4.79. The van der Waals surface area contributed by atoms with E-state index in [0.717, 1.165) is 31.0 Å². The summed E-state index contributed by atoms with van der Waals surface area (Å²) >= 11 is 6.07. The van der Waals surface area contributed by atoms with Gasteiger partial charge in [0.1, 0.15) is 28.1 Å². The van der Waals surface area contributed by atoms with Gasteiger partial charge >= 0.3 is 0 Å². The Balaban J connectivity index is 0.000000201. The zero-order valence-corrected chi connectivity index (χ0v) is 21.0. The van der Waals surface area contributed by atoms with Crippen molar-refractivity contribution in [3.63, 3.8) is 0 Å². The lowest BCUT2D eigenvalue weighted by Gasteiger charge is -2.33. The first-order valence-corrected chi connectivity index (χ1v) is 12.6. The number of aromatic nitrogens is 2. The minimum Gasteiger partial charge on any atom is -0.385 e. The number of nitrogens with zero attached hydrogens (tertiary/aromatic N) is 4. The normalized spacial score (nSPS) is 15.7. The van der Waals surface area contributed by atoms with Gasteiger partial charge < -0.3 is 14.8 Å². The number of rotatable bonds is 5. The third kappa shape index (κ3) is 5.94. The van der Waals surface area contributed by atoms with Gasteiger partial charge in [-0.1, -0.05) is 36.9 Å². The average molecular weight is 496 g/mol. The van der Waals surface area contributed by atoms with Gasteiger partial charge in [-0.2, -0.15) is 5.26 Å². The number of nitrogens with one attached hydrogen (secondary N) is 1. The van der Waals surface area contributed by atoms with Crippen LogP contribution in [0.15, 0.2) is 41.2 Å². The van der Waals surface area contributed by atoms with Gasteiger partial charge in [0.15, 0.2) is 0 Å². The highest BCUT2D eigenvalue weighted by Gasteiger charge is 2.25. The van der Waals surface area contributed by atoms with Crippen LogP contribution < -0.4 is 15.8 Å². The number of fused-ring (bicyclic) bond motifs is 1. The van der Waals surface area contributed by atoms with E-state index < -0.39 is 0 Å². The molecule has 8 heteroatoms. The molecule has 1 N–H and O–H groups in total. The third-order valence-electron chi connectivity index (χ3n) is 6.88. The molecular formula is C27H31ClFN5O. The van der Waals surface area contributed by atoms with Crippen molar-refractivity contribution in [3.8, 4) is 6.07 Å². The van der Waals surface area contributed by atoms with Gasteiger partial charge in [0.05, 0.1) is 11.2 Å². The zero-order chi connectivity index (χ0) is 24.9. The minimum atomic E-state index is -0.290. The fourth-order valence-electron chi connectivity index (χ4n) is 4.65. The monoisotopic (exact) mass is 495 g/mol. The van der Waals surface area contributed by atoms with Gasteiger partial charge in [-0.15, -0.1) is 0 Å². The van der Waals surface area contributed by atoms with Gasteiger partial charge in [0.2, 0.25) is 0 Å².